The lowest BCUT2D eigenvalue weighted by molar-refractivity contribution is -0.0258. The van der Waals surface area contributed by atoms with Gasteiger partial charge in [0, 0.05) is 7.05 Å². The highest BCUT2D eigenvalue weighted by atomic mass is 32.2. The van der Waals surface area contributed by atoms with Crippen molar-refractivity contribution >= 4 is 10.0 Å². The molecule has 0 amide bonds. The van der Waals surface area contributed by atoms with Crippen molar-refractivity contribution in [2.45, 2.75) is 42.9 Å². The summed E-state index contributed by atoms with van der Waals surface area (Å²) in [5.41, 5.74) is 1.25. The summed E-state index contributed by atoms with van der Waals surface area (Å²) >= 11 is 0. The lowest BCUT2D eigenvalue weighted by atomic mass is 9.84. The third-order valence-electron chi connectivity index (χ3n) is 3.85. The molecule has 1 aromatic rings. The second-order valence-electron chi connectivity index (χ2n) is 5.00. The van der Waals surface area contributed by atoms with Crippen LogP contribution in [-0.4, -0.2) is 27.0 Å². The summed E-state index contributed by atoms with van der Waals surface area (Å²) in [6.07, 6.45) is 6.30. The second kappa shape index (κ2) is 6.03. The van der Waals surface area contributed by atoms with Gasteiger partial charge in [0.1, 0.15) is 0 Å². The van der Waals surface area contributed by atoms with Crippen LogP contribution in [0.25, 0.3) is 0 Å². The van der Waals surface area contributed by atoms with Gasteiger partial charge in [-0.25, -0.2) is 8.42 Å². The predicted molar refractivity (Wildman–Crippen MR) is 74.2 cm³/mol. The van der Waals surface area contributed by atoms with Crippen molar-refractivity contribution in [3.63, 3.8) is 0 Å². The summed E-state index contributed by atoms with van der Waals surface area (Å²) in [4.78, 5) is 5.04. The number of nitrogens with zero attached hydrogens (tertiary/aromatic N) is 1. The first kappa shape index (κ1) is 14.5. The molecule has 1 aliphatic carbocycles. The Morgan fingerprint density at radius 2 is 1.68 bits per heavy atom. The predicted octanol–water partition coefficient (Wildman–Crippen LogP) is 2.92. The second-order valence-corrected chi connectivity index (χ2v) is 6.94. The summed E-state index contributed by atoms with van der Waals surface area (Å²) < 4.78 is 25.0. The van der Waals surface area contributed by atoms with Gasteiger partial charge in [0.05, 0.1) is 12.0 Å². The van der Waals surface area contributed by atoms with Gasteiger partial charge in [-0.15, -0.1) is 0 Å². The quantitative estimate of drug-likeness (QED) is 0.798. The fourth-order valence-corrected chi connectivity index (χ4v) is 3.57. The van der Waals surface area contributed by atoms with E-state index < -0.39 is 10.0 Å². The Kier molecular flexibility index (Phi) is 4.60. The third kappa shape index (κ3) is 3.16. The minimum absolute atomic E-state index is 0.274. The molecule has 0 unspecified atom stereocenters. The van der Waals surface area contributed by atoms with Gasteiger partial charge in [0.25, 0.3) is 10.0 Å². The van der Waals surface area contributed by atoms with Crippen molar-refractivity contribution in [3.8, 4) is 0 Å². The minimum Gasteiger partial charge on any atom is -0.288 e. The summed E-state index contributed by atoms with van der Waals surface area (Å²) in [5, 5.41) is 0. The largest absolute Gasteiger partial charge is 0.288 e. The van der Waals surface area contributed by atoms with Crippen LogP contribution in [0, 0.1) is 0 Å². The van der Waals surface area contributed by atoms with Crippen molar-refractivity contribution in [1.29, 1.82) is 0 Å². The maximum Gasteiger partial charge on any atom is 0.264 e. The molecule has 0 bridgehead atoms. The van der Waals surface area contributed by atoms with Crippen molar-refractivity contribution in [2.24, 2.45) is 0 Å². The van der Waals surface area contributed by atoms with E-state index in [2.05, 4.69) is 0 Å². The highest BCUT2D eigenvalue weighted by molar-refractivity contribution is 7.89. The molecule has 1 fully saturated rings. The molecule has 1 aliphatic rings. The number of rotatable bonds is 4. The Hall–Kier alpha value is -0.910. The first-order valence-electron chi connectivity index (χ1n) is 6.68. The fraction of sp³-hybridized carbons (Fsp3) is 0.571. The van der Waals surface area contributed by atoms with Crippen LogP contribution in [0.2, 0.25) is 0 Å². The molecule has 0 spiro atoms. The van der Waals surface area contributed by atoms with E-state index in [1.54, 1.807) is 12.1 Å². The smallest absolute Gasteiger partial charge is 0.264 e. The van der Waals surface area contributed by atoms with Gasteiger partial charge in [-0.2, -0.15) is 0 Å². The zero-order valence-electron chi connectivity index (χ0n) is 11.5. The van der Waals surface area contributed by atoms with Crippen LogP contribution in [0.3, 0.4) is 0 Å². The van der Waals surface area contributed by atoms with Crippen LogP contribution in [0.1, 0.15) is 43.6 Å². The molecule has 1 aromatic carbocycles. The van der Waals surface area contributed by atoms with E-state index in [4.69, 9.17) is 4.84 Å². The average molecular weight is 283 g/mol. The molecule has 5 heteroatoms. The zero-order valence-corrected chi connectivity index (χ0v) is 12.3. The number of hydroxylamine groups is 1. The first-order chi connectivity index (χ1) is 9.05. The van der Waals surface area contributed by atoms with Crippen LogP contribution >= 0.6 is 0 Å². The molecule has 0 N–H and O–H groups in total. The number of hydrogen-bond acceptors (Lipinski definition) is 3. The molecule has 106 valence electrons. The SMILES string of the molecule is CON(C)S(=O)(=O)c1ccc(C2CCCCC2)cc1. The Morgan fingerprint density at radius 1 is 1.11 bits per heavy atom. The summed E-state index contributed by atoms with van der Waals surface area (Å²) in [5.74, 6) is 0.589. The van der Waals surface area contributed by atoms with Crippen LogP contribution in [0.4, 0.5) is 0 Å². The molecule has 0 atom stereocenters. The van der Waals surface area contributed by atoms with E-state index in [0.29, 0.717) is 5.92 Å². The number of hydrogen-bond donors (Lipinski definition) is 0. The van der Waals surface area contributed by atoms with E-state index in [1.807, 2.05) is 12.1 Å². The van der Waals surface area contributed by atoms with Crippen LogP contribution in [0.5, 0.6) is 0 Å². The Bertz CT molecular complexity index is 504. The molecular weight excluding hydrogens is 262 g/mol. The van der Waals surface area contributed by atoms with E-state index in [1.165, 1.54) is 51.8 Å². The van der Waals surface area contributed by atoms with Crippen molar-refractivity contribution in [2.75, 3.05) is 14.2 Å². The fourth-order valence-electron chi connectivity index (χ4n) is 2.59. The van der Waals surface area contributed by atoms with Gasteiger partial charge in [-0.1, -0.05) is 35.9 Å². The molecule has 0 radical (unpaired) electrons. The van der Waals surface area contributed by atoms with Crippen molar-refractivity contribution in [1.82, 2.24) is 4.47 Å². The monoisotopic (exact) mass is 283 g/mol. The lowest BCUT2D eigenvalue weighted by Crippen LogP contribution is -2.25. The van der Waals surface area contributed by atoms with Crippen molar-refractivity contribution < 1.29 is 13.3 Å². The van der Waals surface area contributed by atoms with Crippen LogP contribution < -0.4 is 0 Å². The number of sulfonamides is 1. The molecule has 4 nitrogen and oxygen atoms in total. The standard InChI is InChI=1S/C14H21NO3S/c1-15(18-2)19(16,17)14-10-8-13(9-11-14)12-6-4-3-5-7-12/h8-12H,3-7H2,1-2H3. The maximum absolute atomic E-state index is 12.1. The Morgan fingerprint density at radius 3 is 2.21 bits per heavy atom. The number of benzene rings is 1. The lowest BCUT2D eigenvalue weighted by Gasteiger charge is -2.22. The Balaban J connectivity index is 2.18. The van der Waals surface area contributed by atoms with Gasteiger partial charge >= 0.3 is 0 Å². The van der Waals surface area contributed by atoms with Crippen LogP contribution in [0.15, 0.2) is 29.2 Å². The highest BCUT2D eigenvalue weighted by Crippen LogP contribution is 2.33. The molecule has 1 saturated carbocycles. The highest BCUT2D eigenvalue weighted by Gasteiger charge is 2.21. The summed E-state index contributed by atoms with van der Waals surface area (Å²) in [6, 6.07) is 7.22. The topological polar surface area (TPSA) is 46.6 Å². The first-order valence-corrected chi connectivity index (χ1v) is 8.12. The van der Waals surface area contributed by atoms with Gasteiger partial charge in [0.2, 0.25) is 0 Å². The van der Waals surface area contributed by atoms with Gasteiger partial charge < -0.3 is 0 Å². The minimum atomic E-state index is -3.53. The Labute approximate surface area is 115 Å². The van der Waals surface area contributed by atoms with E-state index in [-0.39, 0.29) is 4.90 Å². The van der Waals surface area contributed by atoms with Gasteiger partial charge in [-0.05, 0) is 36.5 Å². The molecular formula is C14H21NO3S. The zero-order chi connectivity index (χ0) is 13.9. The van der Waals surface area contributed by atoms with E-state index >= 15 is 0 Å². The van der Waals surface area contributed by atoms with Crippen molar-refractivity contribution in [3.05, 3.63) is 29.8 Å². The summed E-state index contributed by atoms with van der Waals surface area (Å²) in [6.45, 7) is 0. The average Bonchev–Trinajstić information content (AvgIpc) is 2.47. The normalized spacial score (nSPS) is 17.8. The summed E-state index contributed by atoms with van der Waals surface area (Å²) in [7, 11) is -0.791. The van der Waals surface area contributed by atoms with Gasteiger partial charge in [-0.3, -0.25) is 4.84 Å². The molecule has 0 aromatic heterocycles. The molecule has 2 rings (SSSR count). The third-order valence-corrected chi connectivity index (χ3v) is 5.54. The maximum atomic E-state index is 12.1. The molecule has 19 heavy (non-hydrogen) atoms. The molecule has 0 saturated heterocycles. The van der Waals surface area contributed by atoms with E-state index in [9.17, 15) is 8.42 Å². The molecule has 0 aliphatic heterocycles. The molecule has 0 heterocycles. The van der Waals surface area contributed by atoms with E-state index in [0.717, 1.165) is 4.47 Å². The van der Waals surface area contributed by atoms with Gasteiger partial charge in [0.15, 0.2) is 0 Å². The van der Waals surface area contributed by atoms with Crippen LogP contribution in [-0.2, 0) is 14.9 Å².